The number of hydrogen-bond acceptors (Lipinski definition) is 3. The van der Waals surface area contributed by atoms with Gasteiger partial charge in [0.25, 0.3) is 0 Å². The molecule has 3 nitrogen and oxygen atoms in total. The molecule has 2 rings (SSSR count). The summed E-state index contributed by atoms with van der Waals surface area (Å²) >= 11 is 0. The zero-order valence-electron chi connectivity index (χ0n) is 10.3. The van der Waals surface area contributed by atoms with Gasteiger partial charge >= 0.3 is 0 Å². The fraction of sp³-hybridized carbons (Fsp3) is 0.0667. The van der Waals surface area contributed by atoms with Gasteiger partial charge in [-0.3, -0.25) is 9.78 Å². The monoisotopic (exact) mass is 257 g/mol. The number of ether oxygens (including phenoxy) is 1. The Labute approximate surface area is 110 Å². The predicted molar refractivity (Wildman–Crippen MR) is 70.6 cm³/mol. The topological polar surface area (TPSA) is 39.2 Å². The van der Waals surface area contributed by atoms with Crippen molar-refractivity contribution in [2.24, 2.45) is 0 Å². The molecule has 0 aliphatic carbocycles. The standard InChI is InChI=1S/C15H12FNO2/c1-19-15-7-5-12(9-13(15)16)14(18)6-4-11-3-2-8-17-10-11/h2-10H,1H3. The van der Waals surface area contributed by atoms with E-state index >= 15 is 0 Å². The number of allylic oxidation sites excluding steroid dienone is 1. The second-order valence-corrected chi connectivity index (χ2v) is 3.83. The molecule has 2 aromatic rings. The van der Waals surface area contributed by atoms with Crippen LogP contribution in [0.25, 0.3) is 6.08 Å². The highest BCUT2D eigenvalue weighted by molar-refractivity contribution is 6.06. The molecule has 0 aliphatic rings. The summed E-state index contributed by atoms with van der Waals surface area (Å²) < 4.78 is 18.3. The normalized spacial score (nSPS) is 10.6. The molecule has 0 saturated heterocycles. The molecule has 19 heavy (non-hydrogen) atoms. The highest BCUT2D eigenvalue weighted by Crippen LogP contribution is 2.18. The minimum atomic E-state index is -0.553. The van der Waals surface area contributed by atoms with E-state index in [0.717, 1.165) is 11.6 Å². The van der Waals surface area contributed by atoms with Crippen LogP contribution >= 0.6 is 0 Å². The third-order valence-corrected chi connectivity index (χ3v) is 2.55. The Balaban J connectivity index is 2.16. The summed E-state index contributed by atoms with van der Waals surface area (Å²) in [5.41, 5.74) is 1.09. The number of carbonyl (C=O) groups is 1. The number of methoxy groups -OCH3 is 1. The molecule has 0 aliphatic heterocycles. The first-order valence-corrected chi connectivity index (χ1v) is 5.66. The first-order chi connectivity index (χ1) is 9.20. The number of rotatable bonds is 4. The Morgan fingerprint density at radius 1 is 1.37 bits per heavy atom. The molecule has 0 spiro atoms. The first-order valence-electron chi connectivity index (χ1n) is 5.66. The highest BCUT2D eigenvalue weighted by Gasteiger charge is 2.07. The van der Waals surface area contributed by atoms with E-state index in [2.05, 4.69) is 4.98 Å². The van der Waals surface area contributed by atoms with Crippen LogP contribution in [-0.2, 0) is 0 Å². The van der Waals surface area contributed by atoms with Crippen molar-refractivity contribution in [1.29, 1.82) is 0 Å². The second kappa shape index (κ2) is 5.91. The molecule has 0 fully saturated rings. The molecule has 0 amide bonds. The van der Waals surface area contributed by atoms with E-state index in [1.807, 2.05) is 6.07 Å². The molecule has 0 atom stereocenters. The molecule has 0 bridgehead atoms. The van der Waals surface area contributed by atoms with Crippen LogP contribution in [0.3, 0.4) is 0 Å². The van der Waals surface area contributed by atoms with Gasteiger partial charge in [0.2, 0.25) is 0 Å². The van der Waals surface area contributed by atoms with Crippen LogP contribution in [-0.4, -0.2) is 17.9 Å². The van der Waals surface area contributed by atoms with Gasteiger partial charge in [-0.1, -0.05) is 6.07 Å². The van der Waals surface area contributed by atoms with Gasteiger partial charge in [0.1, 0.15) is 0 Å². The lowest BCUT2D eigenvalue weighted by molar-refractivity contribution is 0.104. The number of aromatic nitrogens is 1. The Hall–Kier alpha value is -2.49. The van der Waals surface area contributed by atoms with E-state index in [4.69, 9.17) is 4.74 Å². The van der Waals surface area contributed by atoms with Crippen molar-refractivity contribution < 1.29 is 13.9 Å². The molecule has 1 aromatic carbocycles. The molecular formula is C15H12FNO2. The van der Waals surface area contributed by atoms with Gasteiger partial charge in [0.15, 0.2) is 17.3 Å². The number of nitrogens with zero attached hydrogens (tertiary/aromatic N) is 1. The molecule has 96 valence electrons. The van der Waals surface area contributed by atoms with E-state index in [0.29, 0.717) is 0 Å². The van der Waals surface area contributed by atoms with E-state index in [1.165, 1.54) is 25.3 Å². The van der Waals surface area contributed by atoms with E-state index in [1.54, 1.807) is 24.5 Å². The Morgan fingerprint density at radius 2 is 2.21 bits per heavy atom. The van der Waals surface area contributed by atoms with Crippen LogP contribution in [0.2, 0.25) is 0 Å². The average molecular weight is 257 g/mol. The third-order valence-electron chi connectivity index (χ3n) is 2.55. The SMILES string of the molecule is COc1ccc(C(=O)C=Cc2cccnc2)cc1F. The van der Waals surface area contributed by atoms with Crippen LogP contribution in [0.5, 0.6) is 5.75 Å². The van der Waals surface area contributed by atoms with Crippen molar-refractivity contribution >= 4 is 11.9 Å². The lowest BCUT2D eigenvalue weighted by Crippen LogP contribution is -1.97. The van der Waals surface area contributed by atoms with Crippen LogP contribution in [0.4, 0.5) is 4.39 Å². The average Bonchev–Trinajstić information content (AvgIpc) is 2.45. The number of carbonyl (C=O) groups excluding carboxylic acids is 1. The summed E-state index contributed by atoms with van der Waals surface area (Å²) in [5, 5.41) is 0. The quantitative estimate of drug-likeness (QED) is 0.624. The van der Waals surface area contributed by atoms with Gasteiger partial charge in [-0.2, -0.15) is 0 Å². The van der Waals surface area contributed by atoms with Crippen LogP contribution in [0, 0.1) is 5.82 Å². The van der Waals surface area contributed by atoms with E-state index in [-0.39, 0.29) is 17.1 Å². The molecule has 0 saturated carbocycles. The zero-order chi connectivity index (χ0) is 13.7. The van der Waals surface area contributed by atoms with Crippen molar-refractivity contribution in [2.45, 2.75) is 0 Å². The molecule has 0 radical (unpaired) electrons. The van der Waals surface area contributed by atoms with Gasteiger partial charge in [0.05, 0.1) is 7.11 Å². The Kier molecular flexibility index (Phi) is 4.03. The summed E-state index contributed by atoms with van der Waals surface area (Å²) in [5.74, 6) is -0.707. The Bertz CT molecular complexity index is 609. The maximum Gasteiger partial charge on any atom is 0.185 e. The van der Waals surface area contributed by atoms with Gasteiger partial charge < -0.3 is 4.74 Å². The highest BCUT2D eigenvalue weighted by atomic mass is 19.1. The van der Waals surface area contributed by atoms with Gasteiger partial charge in [-0.25, -0.2) is 4.39 Å². The van der Waals surface area contributed by atoms with Gasteiger partial charge in [0, 0.05) is 18.0 Å². The van der Waals surface area contributed by atoms with Crippen LogP contribution in [0.1, 0.15) is 15.9 Å². The lowest BCUT2D eigenvalue weighted by atomic mass is 10.1. The smallest absolute Gasteiger partial charge is 0.185 e. The molecule has 1 heterocycles. The van der Waals surface area contributed by atoms with Gasteiger partial charge in [-0.05, 0) is 42.0 Å². The number of hydrogen-bond donors (Lipinski definition) is 0. The largest absolute Gasteiger partial charge is 0.494 e. The molecular weight excluding hydrogens is 245 g/mol. The minimum absolute atomic E-state index is 0.118. The summed E-state index contributed by atoms with van der Waals surface area (Å²) in [6.45, 7) is 0. The number of ketones is 1. The minimum Gasteiger partial charge on any atom is -0.494 e. The zero-order valence-corrected chi connectivity index (χ0v) is 10.3. The molecule has 1 aromatic heterocycles. The molecule has 0 unspecified atom stereocenters. The summed E-state index contributed by atoms with van der Waals surface area (Å²) in [6, 6.07) is 7.72. The fourth-order valence-electron chi connectivity index (χ4n) is 1.56. The predicted octanol–water partition coefficient (Wildman–Crippen LogP) is 3.13. The van der Waals surface area contributed by atoms with Crippen LogP contribution in [0.15, 0.2) is 48.8 Å². The molecule has 0 N–H and O–H groups in total. The van der Waals surface area contributed by atoms with Crippen molar-refractivity contribution in [3.05, 3.63) is 65.7 Å². The second-order valence-electron chi connectivity index (χ2n) is 3.83. The van der Waals surface area contributed by atoms with E-state index < -0.39 is 5.82 Å². The molecule has 4 heteroatoms. The fourth-order valence-corrected chi connectivity index (χ4v) is 1.56. The lowest BCUT2D eigenvalue weighted by Gasteiger charge is -2.02. The maximum absolute atomic E-state index is 13.5. The van der Waals surface area contributed by atoms with Gasteiger partial charge in [-0.15, -0.1) is 0 Å². The maximum atomic E-state index is 13.5. The number of halogens is 1. The van der Waals surface area contributed by atoms with E-state index in [9.17, 15) is 9.18 Å². The van der Waals surface area contributed by atoms with Crippen LogP contribution < -0.4 is 4.74 Å². The summed E-state index contributed by atoms with van der Waals surface area (Å²) in [4.78, 5) is 15.8. The van der Waals surface area contributed by atoms with Crippen molar-refractivity contribution in [2.75, 3.05) is 7.11 Å². The number of pyridine rings is 1. The van der Waals surface area contributed by atoms with Crippen molar-refractivity contribution in [3.63, 3.8) is 0 Å². The summed E-state index contributed by atoms with van der Waals surface area (Å²) in [7, 11) is 1.38. The van der Waals surface area contributed by atoms with Crippen molar-refractivity contribution in [1.82, 2.24) is 4.98 Å². The third kappa shape index (κ3) is 3.25. The summed E-state index contributed by atoms with van der Waals surface area (Å²) in [6.07, 6.45) is 6.31. The Morgan fingerprint density at radius 3 is 2.84 bits per heavy atom. The number of benzene rings is 1. The van der Waals surface area contributed by atoms with Crippen molar-refractivity contribution in [3.8, 4) is 5.75 Å². The first kappa shape index (κ1) is 13.0.